The minimum Gasteiger partial charge on any atom is -0.302 e. The van der Waals surface area contributed by atoms with Crippen LogP contribution < -0.4 is 0 Å². The maximum absolute atomic E-state index is 12.8. The molecule has 0 amide bonds. The Morgan fingerprint density at radius 1 is 1.14 bits per heavy atom. The van der Waals surface area contributed by atoms with Gasteiger partial charge < -0.3 is 4.79 Å². The Kier molecular flexibility index (Phi) is 8.68. The van der Waals surface area contributed by atoms with Gasteiger partial charge in [0.05, 0.1) is 11.3 Å². The highest BCUT2D eigenvalue weighted by atomic mass is 16.2. The van der Waals surface area contributed by atoms with Crippen molar-refractivity contribution in [3.63, 3.8) is 0 Å². The van der Waals surface area contributed by atoms with Gasteiger partial charge in [0.1, 0.15) is 12.1 Å². The molecule has 0 aliphatic heterocycles. The molecule has 0 saturated carbocycles. The number of ketones is 2. The van der Waals surface area contributed by atoms with Gasteiger partial charge in [-0.3, -0.25) is 9.59 Å². The maximum Gasteiger partial charge on any atom is 0.156 e. The Balaban J connectivity index is 5.26. The molecule has 0 aliphatic carbocycles. The SMILES string of the molecule is CCCC(C)(C=O)C(=O)C(C(=O)CCC(C)C)C(C)CC. The first-order chi connectivity index (χ1) is 9.73. The second-order valence-electron chi connectivity index (χ2n) is 6.91. The molecule has 0 N–H and O–H groups in total. The van der Waals surface area contributed by atoms with Crippen molar-refractivity contribution in [2.24, 2.45) is 23.2 Å². The zero-order valence-corrected chi connectivity index (χ0v) is 14.6. The van der Waals surface area contributed by atoms with E-state index in [9.17, 15) is 14.4 Å². The van der Waals surface area contributed by atoms with Crippen molar-refractivity contribution in [1.82, 2.24) is 0 Å². The van der Waals surface area contributed by atoms with Crippen LogP contribution in [0.25, 0.3) is 0 Å². The summed E-state index contributed by atoms with van der Waals surface area (Å²) in [5, 5.41) is 0. The summed E-state index contributed by atoms with van der Waals surface area (Å²) < 4.78 is 0. The second-order valence-corrected chi connectivity index (χ2v) is 6.91. The van der Waals surface area contributed by atoms with E-state index in [2.05, 4.69) is 13.8 Å². The highest BCUT2D eigenvalue weighted by Crippen LogP contribution is 2.31. The lowest BCUT2D eigenvalue weighted by molar-refractivity contribution is -0.143. The lowest BCUT2D eigenvalue weighted by Crippen LogP contribution is -2.41. The molecule has 21 heavy (non-hydrogen) atoms. The normalized spacial score (nSPS) is 17.1. The van der Waals surface area contributed by atoms with Crippen LogP contribution in [0.2, 0.25) is 0 Å². The van der Waals surface area contributed by atoms with E-state index in [1.807, 2.05) is 20.8 Å². The van der Waals surface area contributed by atoms with E-state index < -0.39 is 11.3 Å². The fourth-order valence-corrected chi connectivity index (χ4v) is 2.66. The van der Waals surface area contributed by atoms with Crippen LogP contribution in [0, 0.1) is 23.2 Å². The molecule has 3 unspecified atom stereocenters. The lowest BCUT2D eigenvalue weighted by Gasteiger charge is -2.29. The van der Waals surface area contributed by atoms with Crippen LogP contribution in [-0.2, 0) is 14.4 Å². The zero-order valence-electron chi connectivity index (χ0n) is 14.6. The van der Waals surface area contributed by atoms with Gasteiger partial charge in [-0.15, -0.1) is 0 Å². The Labute approximate surface area is 129 Å². The van der Waals surface area contributed by atoms with Gasteiger partial charge in [0, 0.05) is 6.42 Å². The minimum atomic E-state index is -1.02. The van der Waals surface area contributed by atoms with Crippen LogP contribution >= 0.6 is 0 Å². The molecule has 0 bridgehead atoms. The predicted molar refractivity (Wildman–Crippen MR) is 86.1 cm³/mol. The standard InChI is InChI=1S/C18H32O3/c1-7-11-18(6,12-19)17(21)16(14(5)8-2)15(20)10-9-13(3)4/h12-14,16H,7-11H2,1-6H3. The van der Waals surface area contributed by atoms with Crippen molar-refractivity contribution in [3.8, 4) is 0 Å². The number of aldehydes is 1. The summed E-state index contributed by atoms with van der Waals surface area (Å²) in [6.07, 6.45) is 4.01. The van der Waals surface area contributed by atoms with Gasteiger partial charge in [0.25, 0.3) is 0 Å². The molecule has 0 aromatic heterocycles. The van der Waals surface area contributed by atoms with Crippen molar-refractivity contribution in [3.05, 3.63) is 0 Å². The first-order valence-corrected chi connectivity index (χ1v) is 8.26. The summed E-state index contributed by atoms with van der Waals surface area (Å²) in [4.78, 5) is 36.8. The molecule has 3 nitrogen and oxygen atoms in total. The number of carbonyl (C=O) groups is 3. The summed E-state index contributed by atoms with van der Waals surface area (Å²) >= 11 is 0. The third kappa shape index (κ3) is 5.72. The molecule has 0 spiro atoms. The molecule has 0 aromatic carbocycles. The largest absolute Gasteiger partial charge is 0.302 e. The van der Waals surface area contributed by atoms with Gasteiger partial charge in [0.2, 0.25) is 0 Å². The van der Waals surface area contributed by atoms with E-state index in [4.69, 9.17) is 0 Å². The van der Waals surface area contributed by atoms with E-state index in [-0.39, 0.29) is 17.5 Å². The van der Waals surface area contributed by atoms with E-state index >= 15 is 0 Å². The van der Waals surface area contributed by atoms with Crippen LogP contribution in [0.1, 0.15) is 73.6 Å². The molecular weight excluding hydrogens is 264 g/mol. The summed E-state index contributed by atoms with van der Waals surface area (Å²) in [5.74, 6) is -0.367. The second kappa shape index (κ2) is 9.11. The number of hydrogen-bond donors (Lipinski definition) is 0. The van der Waals surface area contributed by atoms with Crippen molar-refractivity contribution in [2.45, 2.75) is 73.6 Å². The van der Waals surface area contributed by atoms with E-state index in [1.54, 1.807) is 6.92 Å². The zero-order chi connectivity index (χ0) is 16.6. The molecule has 0 saturated heterocycles. The van der Waals surface area contributed by atoms with Crippen LogP contribution in [0.3, 0.4) is 0 Å². The average Bonchev–Trinajstić information content (AvgIpc) is 2.44. The van der Waals surface area contributed by atoms with Crippen molar-refractivity contribution in [2.75, 3.05) is 0 Å². The third-order valence-electron chi connectivity index (χ3n) is 4.40. The molecule has 3 atom stereocenters. The molecule has 0 aromatic rings. The molecule has 0 heterocycles. The molecule has 122 valence electrons. The molecule has 3 heteroatoms. The lowest BCUT2D eigenvalue weighted by atomic mass is 9.71. The molecule has 0 rings (SSSR count). The highest BCUT2D eigenvalue weighted by Gasteiger charge is 2.41. The van der Waals surface area contributed by atoms with Gasteiger partial charge in [-0.05, 0) is 31.6 Å². The van der Waals surface area contributed by atoms with Gasteiger partial charge >= 0.3 is 0 Å². The summed E-state index contributed by atoms with van der Waals surface area (Å²) in [6, 6.07) is 0. The fraction of sp³-hybridized carbons (Fsp3) is 0.833. The van der Waals surface area contributed by atoms with Gasteiger partial charge in [-0.25, -0.2) is 0 Å². The topological polar surface area (TPSA) is 51.2 Å². The third-order valence-corrected chi connectivity index (χ3v) is 4.40. The van der Waals surface area contributed by atoms with Crippen LogP contribution in [0.15, 0.2) is 0 Å². The smallest absolute Gasteiger partial charge is 0.156 e. The van der Waals surface area contributed by atoms with Gasteiger partial charge in [-0.2, -0.15) is 0 Å². The van der Waals surface area contributed by atoms with Crippen LogP contribution in [0.5, 0.6) is 0 Å². The van der Waals surface area contributed by atoms with E-state index in [0.29, 0.717) is 18.8 Å². The number of Topliss-reactive ketones (excluding diaryl/α,β-unsaturated/α-hetero) is 2. The Morgan fingerprint density at radius 3 is 2.10 bits per heavy atom. The highest BCUT2D eigenvalue weighted by molar-refractivity contribution is 6.10. The quantitative estimate of drug-likeness (QED) is 0.423. The van der Waals surface area contributed by atoms with E-state index in [1.165, 1.54) is 0 Å². The Hall–Kier alpha value is -0.990. The summed E-state index contributed by atoms with van der Waals surface area (Å²) in [5.41, 5.74) is -1.02. The van der Waals surface area contributed by atoms with Crippen LogP contribution in [-0.4, -0.2) is 17.9 Å². The maximum atomic E-state index is 12.8. The predicted octanol–water partition coefficient (Wildman–Crippen LogP) is 4.23. The number of rotatable bonds is 11. The van der Waals surface area contributed by atoms with Crippen LogP contribution in [0.4, 0.5) is 0 Å². The van der Waals surface area contributed by atoms with Crippen molar-refractivity contribution >= 4 is 17.9 Å². The Morgan fingerprint density at radius 2 is 1.71 bits per heavy atom. The summed E-state index contributed by atoms with van der Waals surface area (Å²) in [7, 11) is 0. The average molecular weight is 296 g/mol. The van der Waals surface area contributed by atoms with E-state index in [0.717, 1.165) is 25.5 Å². The molecule has 0 fully saturated rings. The first-order valence-electron chi connectivity index (χ1n) is 8.26. The minimum absolute atomic E-state index is 0.00621. The number of hydrogen-bond acceptors (Lipinski definition) is 3. The monoisotopic (exact) mass is 296 g/mol. The molecule has 0 aliphatic rings. The fourth-order valence-electron chi connectivity index (χ4n) is 2.66. The van der Waals surface area contributed by atoms with Gasteiger partial charge in [0.15, 0.2) is 5.78 Å². The van der Waals surface area contributed by atoms with Crippen molar-refractivity contribution < 1.29 is 14.4 Å². The molecular formula is C18H32O3. The number of carbonyl (C=O) groups excluding carboxylic acids is 3. The Bertz CT molecular complexity index is 359. The first kappa shape index (κ1) is 20.0. The summed E-state index contributed by atoms with van der Waals surface area (Å²) in [6.45, 7) is 11.7. The molecule has 0 radical (unpaired) electrons. The van der Waals surface area contributed by atoms with Gasteiger partial charge in [-0.1, -0.05) is 47.5 Å². The van der Waals surface area contributed by atoms with Crippen molar-refractivity contribution in [1.29, 1.82) is 0 Å².